The summed E-state index contributed by atoms with van der Waals surface area (Å²) in [6.45, 7) is 0.753. The maximum atomic E-state index is 11.7. The number of benzene rings is 1. The number of carbonyl (C=O) groups excluding carboxylic acids is 2. The molecule has 1 unspecified atom stereocenters. The van der Waals surface area contributed by atoms with E-state index in [4.69, 9.17) is 4.74 Å². The van der Waals surface area contributed by atoms with Crippen molar-refractivity contribution in [2.24, 2.45) is 5.92 Å². The second kappa shape index (κ2) is 4.53. The van der Waals surface area contributed by atoms with E-state index in [0.29, 0.717) is 12.0 Å². The van der Waals surface area contributed by atoms with Gasteiger partial charge in [-0.25, -0.2) is 0 Å². The van der Waals surface area contributed by atoms with E-state index in [9.17, 15) is 9.59 Å². The Morgan fingerprint density at radius 2 is 2.21 bits per heavy atom. The molecule has 1 aliphatic heterocycles. The second-order valence-corrected chi connectivity index (χ2v) is 4.86. The van der Waals surface area contributed by atoms with Crippen LogP contribution in [0.5, 0.6) is 0 Å². The van der Waals surface area contributed by atoms with Gasteiger partial charge in [-0.3, -0.25) is 9.59 Å². The van der Waals surface area contributed by atoms with E-state index in [1.165, 1.54) is 7.11 Å². The molecule has 0 saturated carbocycles. The van der Waals surface area contributed by atoms with Crippen LogP contribution in [0.15, 0.2) is 24.3 Å². The minimum atomic E-state index is -0.187. The van der Waals surface area contributed by atoms with E-state index in [1.54, 1.807) is 0 Å². The fraction of sp³-hybridized carbons (Fsp3) is 0.333. The molecule has 0 N–H and O–H groups in total. The Kier molecular flexibility index (Phi) is 2.85. The number of esters is 1. The number of rotatable bonds is 2. The Morgan fingerprint density at radius 1 is 1.42 bits per heavy atom. The van der Waals surface area contributed by atoms with E-state index >= 15 is 0 Å². The van der Waals surface area contributed by atoms with Gasteiger partial charge in [-0.1, -0.05) is 18.2 Å². The zero-order valence-electron chi connectivity index (χ0n) is 10.8. The quantitative estimate of drug-likeness (QED) is 0.612. The van der Waals surface area contributed by atoms with Gasteiger partial charge in [0.05, 0.1) is 13.0 Å². The molecule has 19 heavy (non-hydrogen) atoms. The van der Waals surface area contributed by atoms with Crippen LogP contribution in [0.1, 0.15) is 22.5 Å². The highest BCUT2D eigenvalue weighted by Crippen LogP contribution is 2.32. The van der Waals surface area contributed by atoms with Crippen LogP contribution in [0.25, 0.3) is 10.9 Å². The molecular formula is C15H15NO3. The minimum absolute atomic E-state index is 0.138. The number of carbonyl (C=O) groups is 2. The molecule has 0 amide bonds. The monoisotopic (exact) mass is 257 g/mol. The number of hydrogen-bond acceptors (Lipinski definition) is 3. The first-order valence-electron chi connectivity index (χ1n) is 6.39. The van der Waals surface area contributed by atoms with Gasteiger partial charge in [0.15, 0.2) is 6.29 Å². The van der Waals surface area contributed by atoms with E-state index < -0.39 is 0 Å². The number of aryl methyl sites for hydroxylation is 1. The lowest BCUT2D eigenvalue weighted by atomic mass is 9.94. The van der Waals surface area contributed by atoms with Crippen molar-refractivity contribution in [3.05, 3.63) is 35.5 Å². The zero-order valence-corrected chi connectivity index (χ0v) is 10.8. The van der Waals surface area contributed by atoms with E-state index in [0.717, 1.165) is 35.8 Å². The van der Waals surface area contributed by atoms with E-state index in [-0.39, 0.29) is 11.9 Å². The third-order valence-corrected chi connectivity index (χ3v) is 3.92. The Hall–Kier alpha value is -2.10. The summed E-state index contributed by atoms with van der Waals surface area (Å²) in [6, 6.07) is 7.87. The summed E-state index contributed by atoms with van der Waals surface area (Å²) in [5.41, 5.74) is 2.74. The van der Waals surface area contributed by atoms with Gasteiger partial charge >= 0.3 is 5.97 Å². The molecule has 0 aliphatic carbocycles. The normalized spacial score (nSPS) is 18.1. The minimum Gasteiger partial charge on any atom is -0.469 e. The average Bonchev–Trinajstić information content (AvgIpc) is 2.79. The Labute approximate surface area is 111 Å². The largest absolute Gasteiger partial charge is 0.469 e. The standard InChI is InChI=1S/C15H15NO3/c1-19-15(18)10-6-7-16-13-5-3-2-4-11(13)12(9-17)14(16)8-10/h2-5,9-10H,6-8H2,1H3. The third kappa shape index (κ3) is 1.75. The van der Waals surface area contributed by atoms with Crippen molar-refractivity contribution in [2.45, 2.75) is 19.4 Å². The first-order chi connectivity index (χ1) is 9.26. The Balaban J connectivity index is 2.14. The van der Waals surface area contributed by atoms with Gasteiger partial charge in [0, 0.05) is 35.1 Å². The van der Waals surface area contributed by atoms with Crippen molar-refractivity contribution in [3.63, 3.8) is 0 Å². The number of hydrogen-bond donors (Lipinski definition) is 0. The van der Waals surface area contributed by atoms with Crippen molar-refractivity contribution in [1.82, 2.24) is 4.57 Å². The number of ether oxygens (including phenoxy) is 1. The Morgan fingerprint density at radius 3 is 2.95 bits per heavy atom. The molecule has 2 aromatic rings. The number of aromatic nitrogens is 1. The number of aldehydes is 1. The maximum Gasteiger partial charge on any atom is 0.309 e. The summed E-state index contributed by atoms with van der Waals surface area (Å²) >= 11 is 0. The summed E-state index contributed by atoms with van der Waals surface area (Å²) in [5.74, 6) is -0.325. The van der Waals surface area contributed by atoms with Crippen molar-refractivity contribution in [3.8, 4) is 0 Å². The second-order valence-electron chi connectivity index (χ2n) is 4.86. The Bertz CT molecular complexity index is 657. The highest BCUT2D eigenvalue weighted by atomic mass is 16.5. The van der Waals surface area contributed by atoms with Crippen LogP contribution in [0.3, 0.4) is 0 Å². The van der Waals surface area contributed by atoms with E-state index in [1.807, 2.05) is 24.3 Å². The number of para-hydroxylation sites is 1. The molecule has 1 aromatic heterocycles. The highest BCUT2D eigenvalue weighted by molar-refractivity contribution is 5.99. The predicted molar refractivity (Wildman–Crippen MR) is 71.2 cm³/mol. The molecule has 4 nitrogen and oxygen atoms in total. The van der Waals surface area contributed by atoms with E-state index in [2.05, 4.69) is 4.57 Å². The number of methoxy groups -OCH3 is 1. The van der Waals surface area contributed by atoms with Crippen LogP contribution >= 0.6 is 0 Å². The van der Waals surface area contributed by atoms with Crippen LogP contribution in [-0.2, 0) is 22.5 Å². The fourth-order valence-electron chi connectivity index (χ4n) is 2.98. The van der Waals surface area contributed by atoms with Crippen LogP contribution in [0, 0.1) is 5.92 Å². The highest BCUT2D eigenvalue weighted by Gasteiger charge is 2.29. The van der Waals surface area contributed by atoms with Gasteiger partial charge in [-0.05, 0) is 12.5 Å². The molecule has 0 saturated heterocycles. The lowest BCUT2D eigenvalue weighted by molar-refractivity contribution is -0.146. The molecule has 98 valence electrons. The lowest BCUT2D eigenvalue weighted by Crippen LogP contribution is -2.27. The van der Waals surface area contributed by atoms with Crippen LogP contribution in [0.4, 0.5) is 0 Å². The smallest absolute Gasteiger partial charge is 0.309 e. The topological polar surface area (TPSA) is 48.3 Å². The first-order valence-corrected chi connectivity index (χ1v) is 6.39. The summed E-state index contributed by atoms with van der Waals surface area (Å²) < 4.78 is 6.97. The van der Waals surface area contributed by atoms with Crippen molar-refractivity contribution in [1.29, 1.82) is 0 Å². The molecular weight excluding hydrogens is 242 g/mol. The van der Waals surface area contributed by atoms with Gasteiger partial charge in [0.1, 0.15) is 0 Å². The average molecular weight is 257 g/mol. The molecule has 3 rings (SSSR count). The number of fused-ring (bicyclic) bond motifs is 3. The maximum absolute atomic E-state index is 11.7. The predicted octanol–water partition coefficient (Wildman–Crippen LogP) is 2.19. The molecule has 4 heteroatoms. The lowest BCUT2D eigenvalue weighted by Gasteiger charge is -2.23. The van der Waals surface area contributed by atoms with Crippen molar-refractivity contribution < 1.29 is 14.3 Å². The first kappa shape index (κ1) is 12.0. The van der Waals surface area contributed by atoms with Crippen LogP contribution in [-0.4, -0.2) is 23.9 Å². The summed E-state index contributed by atoms with van der Waals surface area (Å²) in [6.07, 6.45) is 2.24. The zero-order chi connectivity index (χ0) is 13.4. The number of nitrogens with zero attached hydrogens (tertiary/aromatic N) is 1. The molecule has 1 aliphatic rings. The van der Waals surface area contributed by atoms with Crippen LogP contribution < -0.4 is 0 Å². The molecule has 0 radical (unpaired) electrons. The third-order valence-electron chi connectivity index (χ3n) is 3.92. The molecule has 0 fully saturated rings. The van der Waals surface area contributed by atoms with Gasteiger partial charge in [0.25, 0.3) is 0 Å². The molecule has 2 heterocycles. The molecule has 1 atom stereocenters. The van der Waals surface area contributed by atoms with Crippen LogP contribution in [0.2, 0.25) is 0 Å². The summed E-state index contributed by atoms with van der Waals surface area (Å²) in [5, 5.41) is 0.970. The van der Waals surface area contributed by atoms with Gasteiger partial charge in [0.2, 0.25) is 0 Å². The van der Waals surface area contributed by atoms with Crippen molar-refractivity contribution in [2.75, 3.05) is 7.11 Å². The molecule has 0 bridgehead atoms. The molecule has 1 aromatic carbocycles. The van der Waals surface area contributed by atoms with Gasteiger partial charge in [-0.15, -0.1) is 0 Å². The summed E-state index contributed by atoms with van der Waals surface area (Å²) in [4.78, 5) is 23.0. The SMILES string of the molecule is COC(=O)C1CCn2c(c(C=O)c3ccccc32)C1. The van der Waals surface area contributed by atoms with Crippen molar-refractivity contribution >= 4 is 23.2 Å². The van der Waals surface area contributed by atoms with Gasteiger partial charge < -0.3 is 9.30 Å². The molecule has 0 spiro atoms. The van der Waals surface area contributed by atoms with Gasteiger partial charge in [-0.2, -0.15) is 0 Å². The fourth-order valence-corrected chi connectivity index (χ4v) is 2.98. The summed E-state index contributed by atoms with van der Waals surface area (Å²) in [7, 11) is 1.41.